The van der Waals surface area contributed by atoms with Crippen molar-refractivity contribution < 1.29 is 0 Å². The van der Waals surface area contributed by atoms with Crippen LogP contribution in [0.3, 0.4) is 0 Å². The Kier molecular flexibility index (Phi) is 6.66. The van der Waals surface area contributed by atoms with E-state index in [2.05, 4.69) is 49.1 Å². The van der Waals surface area contributed by atoms with Crippen LogP contribution >= 0.6 is 11.8 Å². The van der Waals surface area contributed by atoms with Gasteiger partial charge in [0.25, 0.3) is 0 Å². The Balaban J connectivity index is 2.25. The zero-order chi connectivity index (χ0) is 12.7. The monoisotopic (exact) mass is 255 g/mol. The summed E-state index contributed by atoms with van der Waals surface area (Å²) in [7, 11) is 4.07. The second-order valence-electron chi connectivity index (χ2n) is 4.90. The van der Waals surface area contributed by atoms with Crippen molar-refractivity contribution in [1.82, 2.24) is 15.1 Å². The van der Waals surface area contributed by atoms with Crippen molar-refractivity contribution in [1.29, 1.82) is 0 Å². The second-order valence-corrected chi connectivity index (χ2v) is 5.98. The molecule has 1 heterocycles. The molecule has 0 radical (unpaired) electrons. The molecule has 0 saturated carbocycles. The lowest BCUT2D eigenvalue weighted by molar-refractivity contribution is 0.556. The first-order valence-electron chi connectivity index (χ1n) is 6.35. The summed E-state index contributed by atoms with van der Waals surface area (Å²) in [5.41, 5.74) is 1.32. The van der Waals surface area contributed by atoms with E-state index in [4.69, 9.17) is 0 Å². The van der Waals surface area contributed by atoms with Crippen LogP contribution in [0.1, 0.15) is 26.0 Å². The summed E-state index contributed by atoms with van der Waals surface area (Å²) in [5, 5.41) is 7.60. The van der Waals surface area contributed by atoms with E-state index in [9.17, 15) is 0 Å². The van der Waals surface area contributed by atoms with Gasteiger partial charge in [0, 0.05) is 30.7 Å². The van der Waals surface area contributed by atoms with Crippen LogP contribution < -0.4 is 5.32 Å². The molecule has 1 aromatic heterocycles. The molecule has 0 fully saturated rings. The Morgan fingerprint density at radius 3 is 2.71 bits per heavy atom. The van der Waals surface area contributed by atoms with Gasteiger partial charge in [-0.1, -0.05) is 13.8 Å². The number of rotatable bonds is 8. The Morgan fingerprint density at radius 2 is 2.18 bits per heavy atom. The van der Waals surface area contributed by atoms with Gasteiger partial charge in [0.05, 0.1) is 0 Å². The number of hydrogen-bond acceptors (Lipinski definition) is 3. The minimum atomic E-state index is 0.605. The fourth-order valence-corrected chi connectivity index (χ4v) is 2.95. The van der Waals surface area contributed by atoms with Crippen molar-refractivity contribution >= 4 is 11.8 Å². The van der Waals surface area contributed by atoms with Crippen LogP contribution in [-0.4, -0.2) is 34.4 Å². The first-order valence-corrected chi connectivity index (χ1v) is 7.50. The molecule has 1 unspecified atom stereocenters. The molecule has 1 atom stereocenters. The normalized spacial score (nSPS) is 13.2. The summed E-state index contributed by atoms with van der Waals surface area (Å²) >= 11 is 2.05. The minimum absolute atomic E-state index is 0.605. The Morgan fingerprint density at radius 1 is 1.41 bits per heavy atom. The van der Waals surface area contributed by atoms with Crippen LogP contribution in [0.25, 0.3) is 0 Å². The van der Waals surface area contributed by atoms with Gasteiger partial charge >= 0.3 is 0 Å². The molecular formula is C13H25N3S. The van der Waals surface area contributed by atoms with Crippen LogP contribution in [-0.2, 0) is 13.5 Å². The lowest BCUT2D eigenvalue weighted by atomic mass is 10.1. The van der Waals surface area contributed by atoms with Gasteiger partial charge in [0.1, 0.15) is 0 Å². The fourth-order valence-electron chi connectivity index (χ4n) is 1.73. The highest BCUT2D eigenvalue weighted by atomic mass is 32.2. The average molecular weight is 255 g/mol. The zero-order valence-electron chi connectivity index (χ0n) is 11.4. The highest BCUT2D eigenvalue weighted by Gasteiger charge is 2.08. The second kappa shape index (κ2) is 7.77. The molecule has 1 N–H and O–H groups in total. The summed E-state index contributed by atoms with van der Waals surface area (Å²) < 4.78 is 1.97. The first kappa shape index (κ1) is 14.6. The maximum atomic E-state index is 4.20. The topological polar surface area (TPSA) is 29.9 Å². The molecule has 0 aromatic carbocycles. The molecule has 0 aliphatic carbocycles. The van der Waals surface area contributed by atoms with Gasteiger partial charge in [-0.3, -0.25) is 4.68 Å². The maximum Gasteiger partial charge on any atom is 0.0492 e. The molecule has 0 spiro atoms. The number of nitrogens with zero attached hydrogens (tertiary/aromatic N) is 2. The molecule has 0 saturated heterocycles. The number of thioether (sulfide) groups is 1. The summed E-state index contributed by atoms with van der Waals surface area (Å²) in [5.74, 6) is 3.24. The molecule has 1 aromatic rings. The third-order valence-corrected chi connectivity index (χ3v) is 4.39. The van der Waals surface area contributed by atoms with Gasteiger partial charge < -0.3 is 5.32 Å². The van der Waals surface area contributed by atoms with E-state index in [1.807, 2.05) is 17.9 Å². The molecule has 17 heavy (non-hydrogen) atoms. The van der Waals surface area contributed by atoms with E-state index >= 15 is 0 Å². The van der Waals surface area contributed by atoms with E-state index in [1.54, 1.807) is 0 Å². The third kappa shape index (κ3) is 5.59. The highest BCUT2D eigenvalue weighted by molar-refractivity contribution is 7.99. The minimum Gasteiger partial charge on any atom is -0.316 e. The molecule has 3 nitrogen and oxygen atoms in total. The summed E-state index contributed by atoms with van der Waals surface area (Å²) in [6.45, 7) is 4.55. The van der Waals surface area contributed by atoms with Crippen molar-refractivity contribution in [3.05, 3.63) is 18.0 Å². The lowest BCUT2D eigenvalue weighted by Crippen LogP contribution is -2.28. The van der Waals surface area contributed by atoms with Crippen LogP contribution in [0, 0.1) is 5.92 Å². The molecule has 0 bridgehead atoms. The first-order chi connectivity index (χ1) is 8.13. The molecular weight excluding hydrogens is 230 g/mol. The lowest BCUT2D eigenvalue weighted by Gasteiger charge is -2.16. The molecule has 98 valence electrons. The molecule has 4 heteroatoms. The van der Waals surface area contributed by atoms with E-state index in [-0.39, 0.29) is 0 Å². The number of aromatic nitrogens is 2. The van der Waals surface area contributed by atoms with E-state index < -0.39 is 0 Å². The summed E-state index contributed by atoms with van der Waals surface area (Å²) in [6.07, 6.45) is 4.16. The van der Waals surface area contributed by atoms with Crippen molar-refractivity contribution in [2.24, 2.45) is 13.0 Å². The van der Waals surface area contributed by atoms with Crippen LogP contribution in [0.5, 0.6) is 0 Å². The van der Waals surface area contributed by atoms with Crippen molar-refractivity contribution in [3.63, 3.8) is 0 Å². The van der Waals surface area contributed by atoms with Gasteiger partial charge in [-0.2, -0.15) is 16.9 Å². The molecule has 0 aliphatic rings. The Hall–Kier alpha value is -0.480. The smallest absolute Gasteiger partial charge is 0.0492 e. The Bertz CT molecular complexity index is 309. The quantitative estimate of drug-likeness (QED) is 0.773. The number of hydrogen-bond donors (Lipinski definition) is 1. The SMILES string of the molecule is CNC(CCc1ccnn1C)CSCC(C)C. The van der Waals surface area contributed by atoms with Crippen molar-refractivity contribution in [3.8, 4) is 0 Å². The predicted octanol–water partition coefficient (Wildman–Crippen LogP) is 2.33. The number of aryl methyl sites for hydroxylation is 2. The molecule has 0 aliphatic heterocycles. The van der Waals surface area contributed by atoms with E-state index in [1.165, 1.54) is 23.6 Å². The molecule has 0 amide bonds. The summed E-state index contributed by atoms with van der Waals surface area (Å²) in [4.78, 5) is 0. The van der Waals surface area contributed by atoms with Gasteiger partial charge in [-0.25, -0.2) is 0 Å². The number of nitrogens with one attached hydrogen (secondary N) is 1. The van der Waals surface area contributed by atoms with Crippen LogP contribution in [0.2, 0.25) is 0 Å². The van der Waals surface area contributed by atoms with E-state index in [0.717, 1.165) is 12.3 Å². The zero-order valence-corrected chi connectivity index (χ0v) is 12.3. The third-order valence-electron chi connectivity index (χ3n) is 2.85. The predicted molar refractivity (Wildman–Crippen MR) is 76.5 cm³/mol. The van der Waals surface area contributed by atoms with Gasteiger partial charge in [0.2, 0.25) is 0 Å². The largest absolute Gasteiger partial charge is 0.316 e. The van der Waals surface area contributed by atoms with Crippen LogP contribution in [0.15, 0.2) is 12.3 Å². The Labute approximate surface area is 109 Å². The molecule has 1 rings (SSSR count). The van der Waals surface area contributed by atoms with E-state index in [0.29, 0.717) is 6.04 Å². The van der Waals surface area contributed by atoms with Gasteiger partial charge in [-0.15, -0.1) is 0 Å². The standard InChI is InChI=1S/C13H25N3S/c1-11(2)9-17-10-12(14-3)5-6-13-7-8-15-16(13)4/h7-8,11-12,14H,5-6,9-10H2,1-4H3. The maximum absolute atomic E-state index is 4.20. The van der Waals surface area contributed by atoms with Crippen molar-refractivity contribution in [2.75, 3.05) is 18.6 Å². The van der Waals surface area contributed by atoms with Gasteiger partial charge in [0.15, 0.2) is 0 Å². The summed E-state index contributed by atoms with van der Waals surface area (Å²) in [6, 6.07) is 2.71. The van der Waals surface area contributed by atoms with Crippen LogP contribution in [0.4, 0.5) is 0 Å². The van der Waals surface area contributed by atoms with Gasteiger partial charge in [-0.05, 0) is 37.6 Å². The average Bonchev–Trinajstić information content (AvgIpc) is 2.68. The van der Waals surface area contributed by atoms with Crippen molar-refractivity contribution in [2.45, 2.75) is 32.7 Å². The highest BCUT2D eigenvalue weighted by Crippen LogP contribution is 2.12. The fraction of sp³-hybridized carbons (Fsp3) is 0.769.